The van der Waals surface area contributed by atoms with E-state index >= 15 is 0 Å². The number of halogens is 1. The molecule has 0 aromatic heterocycles. The van der Waals surface area contributed by atoms with Gasteiger partial charge in [0.15, 0.2) is 0 Å². The third kappa shape index (κ3) is 2.82. The van der Waals surface area contributed by atoms with E-state index in [9.17, 15) is 17.6 Å². The highest BCUT2D eigenvalue weighted by atomic mass is 32.2. The maximum absolute atomic E-state index is 13.6. The SMILES string of the molecule is CC(=O)C1CCCCN1S(=O)(=O)c1cccc(F)c1C#N. The zero-order valence-corrected chi connectivity index (χ0v) is 12.4. The van der Waals surface area contributed by atoms with E-state index in [1.807, 2.05) is 0 Å². The van der Waals surface area contributed by atoms with E-state index in [0.29, 0.717) is 12.8 Å². The fraction of sp³-hybridized carbons (Fsp3) is 0.429. The van der Waals surface area contributed by atoms with Crippen molar-refractivity contribution in [2.45, 2.75) is 37.1 Å². The van der Waals surface area contributed by atoms with Crippen molar-refractivity contribution in [2.75, 3.05) is 6.54 Å². The number of Topliss-reactive ketones (excluding diaryl/α,β-unsaturated/α-hetero) is 1. The lowest BCUT2D eigenvalue weighted by Crippen LogP contribution is -2.47. The summed E-state index contributed by atoms with van der Waals surface area (Å²) in [4.78, 5) is 11.3. The van der Waals surface area contributed by atoms with Gasteiger partial charge in [0.25, 0.3) is 0 Å². The molecule has 5 nitrogen and oxygen atoms in total. The molecule has 21 heavy (non-hydrogen) atoms. The van der Waals surface area contributed by atoms with Gasteiger partial charge in [-0.3, -0.25) is 4.79 Å². The predicted molar refractivity (Wildman–Crippen MR) is 73.3 cm³/mol. The first-order valence-corrected chi connectivity index (χ1v) is 8.04. The largest absolute Gasteiger partial charge is 0.298 e. The number of nitrogens with zero attached hydrogens (tertiary/aromatic N) is 2. The number of carbonyl (C=O) groups excluding carboxylic acids is 1. The van der Waals surface area contributed by atoms with E-state index in [1.165, 1.54) is 19.1 Å². The summed E-state index contributed by atoms with van der Waals surface area (Å²) in [5, 5.41) is 9.00. The predicted octanol–water partition coefficient (Wildman–Crippen LogP) is 1.83. The van der Waals surface area contributed by atoms with Gasteiger partial charge < -0.3 is 0 Å². The number of sulfonamides is 1. The average molecular weight is 310 g/mol. The summed E-state index contributed by atoms with van der Waals surface area (Å²) in [6.45, 7) is 1.54. The fourth-order valence-corrected chi connectivity index (χ4v) is 4.42. The number of ketones is 1. The third-order valence-corrected chi connectivity index (χ3v) is 5.55. The minimum atomic E-state index is -4.07. The molecule has 0 aliphatic carbocycles. The average Bonchev–Trinajstić information content (AvgIpc) is 2.46. The first kappa shape index (κ1) is 15.6. The van der Waals surface area contributed by atoms with E-state index in [0.717, 1.165) is 16.8 Å². The van der Waals surface area contributed by atoms with Crippen LogP contribution in [0.1, 0.15) is 31.7 Å². The van der Waals surface area contributed by atoms with Crippen molar-refractivity contribution in [3.8, 4) is 6.07 Å². The Balaban J connectivity index is 2.54. The summed E-state index contributed by atoms with van der Waals surface area (Å²) in [7, 11) is -4.07. The molecule has 1 heterocycles. The molecule has 1 unspecified atom stereocenters. The van der Waals surface area contributed by atoms with Crippen LogP contribution in [0.15, 0.2) is 23.1 Å². The number of hydrogen-bond donors (Lipinski definition) is 0. The highest BCUT2D eigenvalue weighted by Gasteiger charge is 2.37. The molecule has 1 saturated heterocycles. The fourth-order valence-electron chi connectivity index (χ4n) is 2.55. The molecular formula is C14H15FN2O3S. The van der Waals surface area contributed by atoms with Crippen LogP contribution >= 0.6 is 0 Å². The molecule has 7 heteroatoms. The van der Waals surface area contributed by atoms with Crippen LogP contribution in [0.25, 0.3) is 0 Å². The van der Waals surface area contributed by atoms with Gasteiger partial charge in [0.1, 0.15) is 28.1 Å². The zero-order chi connectivity index (χ0) is 15.6. The lowest BCUT2D eigenvalue weighted by atomic mass is 10.0. The molecule has 1 aromatic carbocycles. The van der Waals surface area contributed by atoms with Crippen LogP contribution in [0.4, 0.5) is 4.39 Å². The van der Waals surface area contributed by atoms with Crippen molar-refractivity contribution in [1.82, 2.24) is 4.31 Å². The maximum Gasteiger partial charge on any atom is 0.245 e. The summed E-state index contributed by atoms with van der Waals surface area (Å²) in [6, 6.07) is 4.33. The number of hydrogen-bond acceptors (Lipinski definition) is 4. The van der Waals surface area contributed by atoms with Crippen LogP contribution in [0, 0.1) is 17.1 Å². The van der Waals surface area contributed by atoms with Crippen molar-refractivity contribution in [3.63, 3.8) is 0 Å². The van der Waals surface area contributed by atoms with Crippen LogP contribution in [0.3, 0.4) is 0 Å². The second-order valence-electron chi connectivity index (χ2n) is 4.96. The van der Waals surface area contributed by atoms with Crippen LogP contribution < -0.4 is 0 Å². The van der Waals surface area contributed by atoms with Crippen molar-refractivity contribution >= 4 is 15.8 Å². The first-order chi connectivity index (χ1) is 9.89. The Morgan fingerprint density at radius 2 is 2.14 bits per heavy atom. The van der Waals surface area contributed by atoms with Gasteiger partial charge in [-0.15, -0.1) is 0 Å². The van der Waals surface area contributed by atoms with Gasteiger partial charge in [0.2, 0.25) is 10.0 Å². The molecule has 0 saturated carbocycles. The van der Waals surface area contributed by atoms with Gasteiger partial charge in [0, 0.05) is 6.54 Å². The van der Waals surface area contributed by atoms with Crippen LogP contribution in [-0.2, 0) is 14.8 Å². The third-order valence-electron chi connectivity index (χ3n) is 3.60. The van der Waals surface area contributed by atoms with Crippen LogP contribution in [-0.4, -0.2) is 31.1 Å². The van der Waals surface area contributed by atoms with Gasteiger partial charge in [0.05, 0.1) is 6.04 Å². The molecule has 1 atom stereocenters. The monoisotopic (exact) mass is 310 g/mol. The summed E-state index contributed by atoms with van der Waals surface area (Å²) in [5.41, 5.74) is -0.509. The van der Waals surface area contributed by atoms with Gasteiger partial charge in [-0.05, 0) is 31.9 Å². The Morgan fingerprint density at radius 1 is 1.43 bits per heavy atom. The van der Waals surface area contributed by atoms with E-state index in [-0.39, 0.29) is 17.2 Å². The normalized spacial score (nSPS) is 20.0. The topological polar surface area (TPSA) is 78.2 Å². The molecule has 1 fully saturated rings. The minimum Gasteiger partial charge on any atom is -0.298 e. The molecule has 0 bridgehead atoms. The quantitative estimate of drug-likeness (QED) is 0.853. The lowest BCUT2D eigenvalue weighted by molar-refractivity contribution is -0.121. The highest BCUT2D eigenvalue weighted by Crippen LogP contribution is 2.28. The molecule has 0 spiro atoms. The van der Waals surface area contributed by atoms with Gasteiger partial charge >= 0.3 is 0 Å². The van der Waals surface area contributed by atoms with Crippen molar-refractivity contribution in [2.24, 2.45) is 0 Å². The van der Waals surface area contributed by atoms with Crippen LogP contribution in [0.2, 0.25) is 0 Å². The number of benzene rings is 1. The van der Waals surface area contributed by atoms with E-state index in [2.05, 4.69) is 0 Å². The van der Waals surface area contributed by atoms with Gasteiger partial charge in [-0.1, -0.05) is 12.5 Å². The molecule has 0 N–H and O–H groups in total. The highest BCUT2D eigenvalue weighted by molar-refractivity contribution is 7.89. The summed E-state index contributed by atoms with van der Waals surface area (Å²) in [6.07, 6.45) is 1.86. The van der Waals surface area contributed by atoms with Crippen molar-refractivity contribution in [1.29, 1.82) is 5.26 Å². The molecular weight excluding hydrogens is 295 g/mol. The Hall–Kier alpha value is -1.78. The lowest BCUT2D eigenvalue weighted by Gasteiger charge is -2.33. The van der Waals surface area contributed by atoms with Gasteiger partial charge in [-0.25, -0.2) is 12.8 Å². The van der Waals surface area contributed by atoms with Crippen molar-refractivity contribution in [3.05, 3.63) is 29.6 Å². The zero-order valence-electron chi connectivity index (χ0n) is 11.5. The number of rotatable bonds is 3. The van der Waals surface area contributed by atoms with E-state index < -0.39 is 27.4 Å². The summed E-state index contributed by atoms with van der Waals surface area (Å²) in [5.74, 6) is -1.12. The minimum absolute atomic E-state index is 0.202. The smallest absolute Gasteiger partial charge is 0.245 e. The maximum atomic E-state index is 13.6. The van der Waals surface area contributed by atoms with E-state index in [1.54, 1.807) is 6.07 Å². The Labute approximate surface area is 123 Å². The molecule has 1 aromatic rings. The van der Waals surface area contributed by atoms with Crippen LogP contribution in [0.5, 0.6) is 0 Å². The van der Waals surface area contributed by atoms with Crippen molar-refractivity contribution < 1.29 is 17.6 Å². The molecule has 1 aliphatic heterocycles. The standard InChI is InChI=1S/C14H15FN2O3S/c1-10(18)13-6-2-3-8-17(13)21(19,20)14-7-4-5-12(15)11(14)9-16/h4-5,7,13H,2-3,6,8H2,1H3. The Kier molecular flexibility index (Phi) is 4.40. The molecule has 0 amide bonds. The van der Waals surface area contributed by atoms with E-state index in [4.69, 9.17) is 5.26 Å². The molecule has 0 radical (unpaired) electrons. The summed E-state index contributed by atoms with van der Waals surface area (Å²) < 4.78 is 40.1. The second-order valence-corrected chi connectivity index (χ2v) is 6.82. The van der Waals surface area contributed by atoms with Gasteiger partial charge in [-0.2, -0.15) is 9.57 Å². The first-order valence-electron chi connectivity index (χ1n) is 6.60. The number of nitriles is 1. The Morgan fingerprint density at radius 3 is 2.76 bits per heavy atom. The molecule has 2 rings (SSSR count). The molecule has 112 valence electrons. The number of piperidine rings is 1. The molecule has 1 aliphatic rings. The second kappa shape index (κ2) is 5.92. The number of carbonyl (C=O) groups is 1. The summed E-state index contributed by atoms with van der Waals surface area (Å²) >= 11 is 0. The Bertz CT molecular complexity index is 709.